The van der Waals surface area contributed by atoms with Crippen LogP contribution in [-0.4, -0.2) is 55.8 Å². The summed E-state index contributed by atoms with van der Waals surface area (Å²) >= 11 is 0. The highest BCUT2D eigenvalue weighted by atomic mass is 16.6. The van der Waals surface area contributed by atoms with Gasteiger partial charge >= 0.3 is 0 Å². The first-order valence-electron chi connectivity index (χ1n) is 4.86. The molecule has 0 unspecified atom stereocenters. The van der Waals surface area contributed by atoms with Crippen LogP contribution in [0.3, 0.4) is 0 Å². The number of ether oxygens (including phenoxy) is 3. The molecule has 0 aromatic carbocycles. The number of rotatable bonds is 10. The third-order valence-corrected chi connectivity index (χ3v) is 1.45. The number of azide groups is 1. The van der Waals surface area contributed by atoms with Crippen LogP contribution in [-0.2, 0) is 14.2 Å². The summed E-state index contributed by atoms with van der Waals surface area (Å²) in [6.07, 6.45) is 0. The number of aliphatic hydroxyl groups is 2. The zero-order valence-electron chi connectivity index (χ0n) is 9.20. The third kappa shape index (κ3) is 9.66. The molecule has 0 atom stereocenters. The first-order chi connectivity index (χ1) is 7.62. The maximum Gasteiger partial charge on any atom is 0.268 e. The molecule has 0 aromatic heterocycles. The van der Waals surface area contributed by atoms with Crippen LogP contribution in [0.5, 0.6) is 0 Å². The normalized spacial score (nSPS) is 11.2. The van der Waals surface area contributed by atoms with E-state index in [2.05, 4.69) is 10.0 Å². The fraction of sp³-hybridized carbons (Fsp3) is 1.00. The van der Waals surface area contributed by atoms with Gasteiger partial charge in [-0.2, -0.15) is 0 Å². The molecule has 8 nitrogen and oxygen atoms in total. The van der Waals surface area contributed by atoms with Gasteiger partial charge in [0, 0.05) is 11.5 Å². The Morgan fingerprint density at radius 2 is 1.69 bits per heavy atom. The first kappa shape index (κ1) is 15.1. The van der Waals surface area contributed by atoms with E-state index in [1.165, 1.54) is 0 Å². The van der Waals surface area contributed by atoms with Crippen LogP contribution in [0.15, 0.2) is 5.11 Å². The van der Waals surface area contributed by atoms with Gasteiger partial charge in [-0.15, -0.1) is 0 Å². The minimum Gasteiger partial charge on any atom is -0.379 e. The Kier molecular flexibility index (Phi) is 8.82. The molecule has 0 rings (SSSR count). The van der Waals surface area contributed by atoms with E-state index < -0.39 is 12.5 Å². The van der Waals surface area contributed by atoms with Gasteiger partial charge in [0.2, 0.25) is 0 Å². The van der Waals surface area contributed by atoms with E-state index in [0.717, 1.165) is 0 Å². The van der Waals surface area contributed by atoms with Crippen LogP contribution in [0.4, 0.5) is 0 Å². The van der Waals surface area contributed by atoms with Gasteiger partial charge in [0.15, 0.2) is 0 Å². The summed E-state index contributed by atoms with van der Waals surface area (Å²) in [7, 11) is 0. The van der Waals surface area contributed by atoms with Crippen molar-refractivity contribution < 1.29 is 24.4 Å². The molecule has 8 heteroatoms. The van der Waals surface area contributed by atoms with E-state index >= 15 is 0 Å². The van der Waals surface area contributed by atoms with Gasteiger partial charge in [-0.25, -0.2) is 0 Å². The standard InChI is InChI=1S/C8H17N3O5/c1-2-14-3-4-15-5-6-16-7-8(12,13)10-11-9/h12-13H,2-7H2,1H3. The molecule has 0 spiro atoms. The second kappa shape index (κ2) is 9.34. The maximum absolute atomic E-state index is 8.94. The Morgan fingerprint density at radius 1 is 1.12 bits per heavy atom. The van der Waals surface area contributed by atoms with E-state index in [1.54, 1.807) is 0 Å². The SMILES string of the molecule is CCOCCOCCOCC(O)(O)N=[N+]=[N-]. The molecule has 0 aliphatic carbocycles. The first-order valence-corrected chi connectivity index (χ1v) is 4.86. The predicted molar refractivity (Wildman–Crippen MR) is 54.4 cm³/mol. The maximum atomic E-state index is 8.94. The van der Waals surface area contributed by atoms with Crippen LogP contribution < -0.4 is 0 Å². The number of nitrogens with zero attached hydrogens (tertiary/aromatic N) is 3. The largest absolute Gasteiger partial charge is 0.379 e. The van der Waals surface area contributed by atoms with Crippen molar-refractivity contribution in [1.82, 2.24) is 0 Å². The molecule has 0 heterocycles. The van der Waals surface area contributed by atoms with Gasteiger partial charge in [-0.3, -0.25) is 0 Å². The topological polar surface area (TPSA) is 117 Å². The molecule has 0 fully saturated rings. The lowest BCUT2D eigenvalue weighted by molar-refractivity contribution is -0.194. The zero-order valence-corrected chi connectivity index (χ0v) is 9.20. The highest BCUT2D eigenvalue weighted by Gasteiger charge is 2.20. The van der Waals surface area contributed by atoms with Crippen molar-refractivity contribution in [3.63, 3.8) is 0 Å². The quantitative estimate of drug-likeness (QED) is 0.182. The molecule has 0 aromatic rings. The third-order valence-electron chi connectivity index (χ3n) is 1.45. The average molecular weight is 235 g/mol. The van der Waals surface area contributed by atoms with Gasteiger partial charge in [0.1, 0.15) is 6.61 Å². The average Bonchev–Trinajstić information content (AvgIpc) is 2.22. The highest BCUT2D eigenvalue weighted by Crippen LogP contribution is 2.01. The lowest BCUT2D eigenvalue weighted by Crippen LogP contribution is -2.31. The summed E-state index contributed by atoms with van der Waals surface area (Å²) in [5, 5.41) is 20.6. The second-order valence-electron chi connectivity index (χ2n) is 2.83. The molecule has 16 heavy (non-hydrogen) atoms. The van der Waals surface area contributed by atoms with Crippen LogP contribution >= 0.6 is 0 Å². The van der Waals surface area contributed by atoms with E-state index in [0.29, 0.717) is 26.4 Å². The summed E-state index contributed by atoms with van der Waals surface area (Å²) in [5.41, 5.74) is 7.97. The van der Waals surface area contributed by atoms with Crippen LogP contribution in [0.2, 0.25) is 0 Å². The molecule has 0 bridgehead atoms. The summed E-state index contributed by atoms with van der Waals surface area (Å²) in [5.74, 6) is -2.50. The Bertz CT molecular complexity index is 218. The Labute approximate surface area is 93.4 Å². The smallest absolute Gasteiger partial charge is 0.268 e. The summed E-state index contributed by atoms with van der Waals surface area (Å²) in [6.45, 7) is 3.49. The van der Waals surface area contributed by atoms with Gasteiger partial charge in [0.05, 0.1) is 26.4 Å². The molecule has 0 saturated carbocycles. The van der Waals surface area contributed by atoms with Crippen molar-refractivity contribution in [2.75, 3.05) is 39.6 Å². The predicted octanol–water partition coefficient (Wildman–Crippen LogP) is 0.00480. The van der Waals surface area contributed by atoms with Crippen LogP contribution in [0.1, 0.15) is 6.92 Å². The number of hydrogen-bond acceptors (Lipinski definition) is 6. The molecular weight excluding hydrogens is 218 g/mol. The van der Waals surface area contributed by atoms with Crippen molar-refractivity contribution in [2.24, 2.45) is 5.11 Å². The minimum absolute atomic E-state index is 0.177. The lowest BCUT2D eigenvalue weighted by atomic mass is 10.5. The lowest BCUT2D eigenvalue weighted by Gasteiger charge is -2.14. The van der Waals surface area contributed by atoms with Gasteiger partial charge in [-0.05, 0) is 17.6 Å². The van der Waals surface area contributed by atoms with Gasteiger partial charge < -0.3 is 24.4 Å². The van der Waals surface area contributed by atoms with Crippen LogP contribution in [0.25, 0.3) is 10.4 Å². The second-order valence-corrected chi connectivity index (χ2v) is 2.83. The fourth-order valence-electron chi connectivity index (χ4n) is 0.792. The van der Waals surface area contributed by atoms with Gasteiger partial charge in [-0.1, -0.05) is 0 Å². The molecule has 0 radical (unpaired) electrons. The van der Waals surface area contributed by atoms with Crippen molar-refractivity contribution in [3.8, 4) is 0 Å². The van der Waals surface area contributed by atoms with E-state index in [9.17, 15) is 0 Å². The summed E-state index contributed by atoms with van der Waals surface area (Å²) in [6, 6.07) is 0. The highest BCUT2D eigenvalue weighted by molar-refractivity contribution is 4.60. The number of hydrogen-bond donors (Lipinski definition) is 2. The van der Waals surface area contributed by atoms with Crippen molar-refractivity contribution in [3.05, 3.63) is 10.4 Å². The fourth-order valence-corrected chi connectivity index (χ4v) is 0.792. The van der Waals surface area contributed by atoms with Crippen LogP contribution in [0, 0.1) is 0 Å². The van der Waals surface area contributed by atoms with Crippen molar-refractivity contribution in [2.45, 2.75) is 12.8 Å². The zero-order chi connectivity index (χ0) is 12.3. The Morgan fingerprint density at radius 3 is 2.25 bits per heavy atom. The summed E-state index contributed by atoms with van der Waals surface area (Å²) < 4.78 is 14.9. The molecule has 0 aliphatic rings. The van der Waals surface area contributed by atoms with E-state index in [-0.39, 0.29) is 6.61 Å². The Hall–Kier alpha value is -0.890. The monoisotopic (exact) mass is 235 g/mol. The van der Waals surface area contributed by atoms with E-state index in [1.807, 2.05) is 6.92 Å². The molecule has 0 aliphatic heterocycles. The van der Waals surface area contributed by atoms with Crippen molar-refractivity contribution in [1.29, 1.82) is 0 Å². The minimum atomic E-state index is -2.50. The molecule has 0 amide bonds. The van der Waals surface area contributed by atoms with Gasteiger partial charge in [0.25, 0.3) is 5.91 Å². The molecule has 2 N–H and O–H groups in total. The Balaban J connectivity index is 3.30. The molecular formula is C8H17N3O5. The summed E-state index contributed by atoms with van der Waals surface area (Å²) in [4.78, 5) is 2.25. The molecule has 0 saturated heterocycles. The molecule has 94 valence electrons. The van der Waals surface area contributed by atoms with Crippen molar-refractivity contribution >= 4 is 0 Å². The van der Waals surface area contributed by atoms with E-state index in [4.69, 9.17) is 30.0 Å².